The maximum absolute atomic E-state index is 9.23. The van der Waals surface area contributed by atoms with Crippen LogP contribution >= 0.6 is 11.8 Å². The van der Waals surface area contributed by atoms with Gasteiger partial charge in [-0.1, -0.05) is 30.8 Å². The molecule has 0 aliphatic heterocycles. The first-order valence-electron chi connectivity index (χ1n) is 6.75. The van der Waals surface area contributed by atoms with Crippen molar-refractivity contribution in [3.63, 3.8) is 0 Å². The lowest BCUT2D eigenvalue weighted by Crippen LogP contribution is -2.04. The Morgan fingerprint density at radius 2 is 2.10 bits per heavy atom. The summed E-state index contributed by atoms with van der Waals surface area (Å²) in [6.45, 7) is 4.84. The molecule has 110 valence electrons. The summed E-state index contributed by atoms with van der Waals surface area (Å²) >= 11 is 1.49. The summed E-state index contributed by atoms with van der Waals surface area (Å²) in [5.41, 5.74) is 0. The number of aliphatic hydroxyl groups is 1. The Balaban J connectivity index is 2.00. The van der Waals surface area contributed by atoms with E-state index in [9.17, 15) is 5.11 Å². The standard InChI is InChI=1S/C12H19N5O2S/c1-3-5-9-13-11(19-16-9)8-20-12-15-14-10(7-18)17(12)6-4-2/h18H,3-8H2,1-2H3. The van der Waals surface area contributed by atoms with Crippen molar-refractivity contribution in [3.8, 4) is 0 Å². The summed E-state index contributed by atoms with van der Waals surface area (Å²) in [5.74, 6) is 2.49. The average molecular weight is 297 g/mol. The normalized spacial score (nSPS) is 11.2. The molecule has 0 amide bonds. The van der Waals surface area contributed by atoms with Crippen LogP contribution in [0, 0.1) is 0 Å². The lowest BCUT2D eigenvalue weighted by molar-refractivity contribution is 0.263. The third kappa shape index (κ3) is 3.57. The molecule has 0 aromatic carbocycles. The molecule has 8 heteroatoms. The van der Waals surface area contributed by atoms with E-state index in [2.05, 4.69) is 34.2 Å². The van der Waals surface area contributed by atoms with Crippen LogP contribution in [0.25, 0.3) is 0 Å². The minimum atomic E-state index is -0.102. The van der Waals surface area contributed by atoms with E-state index in [1.165, 1.54) is 11.8 Å². The molecule has 0 unspecified atom stereocenters. The summed E-state index contributed by atoms with van der Waals surface area (Å²) in [4.78, 5) is 4.31. The van der Waals surface area contributed by atoms with Crippen LogP contribution in [0.5, 0.6) is 0 Å². The Hall–Kier alpha value is -1.41. The molecule has 2 aromatic rings. The quantitative estimate of drug-likeness (QED) is 0.743. The summed E-state index contributed by atoms with van der Waals surface area (Å²) in [7, 11) is 0. The lowest BCUT2D eigenvalue weighted by atomic mass is 10.3. The first-order chi connectivity index (χ1) is 9.78. The summed E-state index contributed by atoms with van der Waals surface area (Å²) in [6.07, 6.45) is 2.78. The molecular weight excluding hydrogens is 278 g/mol. The zero-order valence-electron chi connectivity index (χ0n) is 11.7. The van der Waals surface area contributed by atoms with Crippen LogP contribution in [0.2, 0.25) is 0 Å². The van der Waals surface area contributed by atoms with Crippen LogP contribution in [0.1, 0.15) is 44.2 Å². The van der Waals surface area contributed by atoms with Crippen molar-refractivity contribution in [2.24, 2.45) is 0 Å². The monoisotopic (exact) mass is 297 g/mol. The zero-order valence-corrected chi connectivity index (χ0v) is 12.6. The van der Waals surface area contributed by atoms with Gasteiger partial charge in [-0.15, -0.1) is 10.2 Å². The fraction of sp³-hybridized carbons (Fsp3) is 0.667. The number of nitrogens with zero attached hydrogens (tertiary/aromatic N) is 5. The third-order valence-electron chi connectivity index (χ3n) is 2.69. The van der Waals surface area contributed by atoms with Crippen molar-refractivity contribution in [1.82, 2.24) is 24.9 Å². The van der Waals surface area contributed by atoms with Gasteiger partial charge >= 0.3 is 0 Å². The van der Waals surface area contributed by atoms with E-state index >= 15 is 0 Å². The Kier molecular flexibility index (Phi) is 5.54. The minimum Gasteiger partial charge on any atom is -0.388 e. The highest BCUT2D eigenvalue weighted by Gasteiger charge is 2.13. The van der Waals surface area contributed by atoms with Gasteiger partial charge in [0.05, 0.1) is 5.75 Å². The van der Waals surface area contributed by atoms with E-state index in [1.54, 1.807) is 0 Å². The molecule has 7 nitrogen and oxygen atoms in total. The molecule has 0 spiro atoms. The van der Waals surface area contributed by atoms with E-state index < -0.39 is 0 Å². The number of aliphatic hydroxyl groups excluding tert-OH is 1. The second-order valence-electron chi connectivity index (χ2n) is 4.35. The Bertz CT molecular complexity index is 540. The molecule has 1 N–H and O–H groups in total. The van der Waals surface area contributed by atoms with Crippen LogP contribution in [0.15, 0.2) is 9.68 Å². The molecule has 20 heavy (non-hydrogen) atoms. The van der Waals surface area contributed by atoms with Crippen molar-refractivity contribution in [2.45, 2.75) is 57.2 Å². The van der Waals surface area contributed by atoms with Crippen molar-refractivity contribution in [2.75, 3.05) is 0 Å². The van der Waals surface area contributed by atoms with Gasteiger partial charge in [-0.3, -0.25) is 0 Å². The van der Waals surface area contributed by atoms with E-state index in [-0.39, 0.29) is 6.61 Å². The third-order valence-corrected chi connectivity index (χ3v) is 3.64. The highest BCUT2D eigenvalue weighted by Crippen LogP contribution is 2.21. The SMILES string of the molecule is CCCc1noc(CSc2nnc(CO)n2CCC)n1. The van der Waals surface area contributed by atoms with Crippen LogP contribution in [-0.4, -0.2) is 30.0 Å². The Morgan fingerprint density at radius 1 is 1.25 bits per heavy atom. The average Bonchev–Trinajstić information content (AvgIpc) is 3.04. The topological polar surface area (TPSA) is 89.9 Å². The van der Waals surface area contributed by atoms with E-state index in [0.717, 1.165) is 36.8 Å². The van der Waals surface area contributed by atoms with Crippen LogP contribution in [0.4, 0.5) is 0 Å². The van der Waals surface area contributed by atoms with Crippen molar-refractivity contribution in [1.29, 1.82) is 0 Å². The predicted molar refractivity (Wildman–Crippen MR) is 74.1 cm³/mol. The van der Waals surface area contributed by atoms with Crippen LogP contribution in [-0.2, 0) is 25.3 Å². The van der Waals surface area contributed by atoms with Gasteiger partial charge in [0.15, 0.2) is 16.8 Å². The second kappa shape index (κ2) is 7.39. The number of thioether (sulfide) groups is 1. The second-order valence-corrected chi connectivity index (χ2v) is 5.29. The Labute approximate surface area is 121 Å². The molecule has 2 rings (SSSR count). The molecule has 0 aliphatic rings. The molecule has 0 atom stereocenters. The van der Waals surface area contributed by atoms with Crippen molar-refractivity contribution in [3.05, 3.63) is 17.5 Å². The molecule has 2 heterocycles. The molecule has 0 bridgehead atoms. The van der Waals surface area contributed by atoms with Crippen LogP contribution < -0.4 is 0 Å². The summed E-state index contributed by atoms with van der Waals surface area (Å²) < 4.78 is 7.11. The van der Waals surface area contributed by atoms with E-state index in [4.69, 9.17) is 4.52 Å². The molecule has 0 fully saturated rings. The van der Waals surface area contributed by atoms with Crippen molar-refractivity contribution >= 4 is 11.8 Å². The molecule has 0 radical (unpaired) electrons. The number of hydrogen-bond donors (Lipinski definition) is 1. The lowest BCUT2D eigenvalue weighted by Gasteiger charge is -2.05. The van der Waals surface area contributed by atoms with Gasteiger partial charge in [0.1, 0.15) is 6.61 Å². The van der Waals surface area contributed by atoms with Crippen LogP contribution in [0.3, 0.4) is 0 Å². The zero-order chi connectivity index (χ0) is 14.4. The molecule has 2 aromatic heterocycles. The maximum atomic E-state index is 9.23. The number of hydrogen-bond acceptors (Lipinski definition) is 7. The molecule has 0 aliphatic carbocycles. The highest BCUT2D eigenvalue weighted by atomic mass is 32.2. The van der Waals surface area contributed by atoms with E-state index in [1.807, 2.05) is 4.57 Å². The molecule has 0 saturated carbocycles. The first-order valence-corrected chi connectivity index (χ1v) is 7.74. The fourth-order valence-corrected chi connectivity index (χ4v) is 2.61. The highest BCUT2D eigenvalue weighted by molar-refractivity contribution is 7.98. The predicted octanol–water partition coefficient (Wildman–Crippen LogP) is 1.81. The largest absolute Gasteiger partial charge is 0.388 e. The number of aryl methyl sites for hydroxylation is 1. The number of rotatable bonds is 8. The van der Waals surface area contributed by atoms with E-state index in [0.29, 0.717) is 17.5 Å². The van der Waals surface area contributed by atoms with Gasteiger partial charge in [0, 0.05) is 13.0 Å². The van der Waals surface area contributed by atoms with Gasteiger partial charge in [-0.25, -0.2) is 0 Å². The molecule has 0 saturated heterocycles. The minimum absolute atomic E-state index is 0.102. The van der Waals surface area contributed by atoms with Gasteiger partial charge in [0.25, 0.3) is 0 Å². The van der Waals surface area contributed by atoms with Gasteiger partial charge < -0.3 is 14.2 Å². The van der Waals surface area contributed by atoms with Gasteiger partial charge in [-0.05, 0) is 12.8 Å². The van der Waals surface area contributed by atoms with Crippen molar-refractivity contribution < 1.29 is 9.63 Å². The molecular formula is C12H19N5O2S. The van der Waals surface area contributed by atoms with Gasteiger partial charge in [0.2, 0.25) is 5.89 Å². The maximum Gasteiger partial charge on any atom is 0.237 e. The fourth-order valence-electron chi connectivity index (χ4n) is 1.79. The smallest absolute Gasteiger partial charge is 0.237 e. The summed E-state index contributed by atoms with van der Waals surface area (Å²) in [5, 5.41) is 22.0. The first kappa shape index (κ1) is 15.0. The number of aromatic nitrogens is 5. The summed E-state index contributed by atoms with van der Waals surface area (Å²) in [6, 6.07) is 0. The Morgan fingerprint density at radius 3 is 2.80 bits per heavy atom. The van der Waals surface area contributed by atoms with Gasteiger partial charge in [-0.2, -0.15) is 4.98 Å².